The third kappa shape index (κ3) is 4.98. The molecule has 3 heteroatoms. The molecule has 0 saturated heterocycles. The Morgan fingerprint density at radius 2 is 2.27 bits per heavy atom. The first-order valence-electron chi connectivity index (χ1n) is 5.91. The summed E-state index contributed by atoms with van der Waals surface area (Å²) in [5.41, 5.74) is 1.21. The number of nitrogens with zero attached hydrogens (tertiary/aromatic N) is 2. The zero-order valence-electron chi connectivity index (χ0n) is 10.2. The summed E-state index contributed by atoms with van der Waals surface area (Å²) in [6.45, 7) is 6.75. The van der Waals surface area contributed by atoms with Gasteiger partial charge in [-0.15, -0.1) is 0 Å². The highest BCUT2D eigenvalue weighted by molar-refractivity contribution is 4.99. The number of hydrogen-bond acceptors (Lipinski definition) is 2. The van der Waals surface area contributed by atoms with Gasteiger partial charge in [-0.3, -0.25) is 4.68 Å². The lowest BCUT2D eigenvalue weighted by Crippen LogP contribution is -2.18. The van der Waals surface area contributed by atoms with E-state index < -0.39 is 0 Å². The van der Waals surface area contributed by atoms with E-state index in [-0.39, 0.29) is 0 Å². The van der Waals surface area contributed by atoms with Crippen LogP contribution in [0.2, 0.25) is 0 Å². The molecule has 0 fully saturated rings. The summed E-state index contributed by atoms with van der Waals surface area (Å²) in [4.78, 5) is 0. The highest BCUT2D eigenvalue weighted by Crippen LogP contribution is 2.08. The normalized spacial score (nSPS) is 13.0. The molecule has 15 heavy (non-hydrogen) atoms. The Bertz CT molecular complexity index is 268. The summed E-state index contributed by atoms with van der Waals surface area (Å²) in [6.07, 6.45) is 5.55. The molecule has 0 amide bonds. The molecule has 1 atom stereocenters. The van der Waals surface area contributed by atoms with Gasteiger partial charge < -0.3 is 5.32 Å². The summed E-state index contributed by atoms with van der Waals surface area (Å²) >= 11 is 0. The molecule has 3 nitrogen and oxygen atoms in total. The van der Waals surface area contributed by atoms with Gasteiger partial charge in [0.15, 0.2) is 0 Å². The second kappa shape index (κ2) is 6.62. The summed E-state index contributed by atoms with van der Waals surface area (Å²) in [5.74, 6) is 0.712. The summed E-state index contributed by atoms with van der Waals surface area (Å²) < 4.78 is 1.87. The SMILES string of the molecule is CCCNCCC(C)Cc1ccn(C)n1. The number of aryl methyl sites for hydroxylation is 1. The number of hydrogen-bond donors (Lipinski definition) is 1. The number of aromatic nitrogens is 2. The van der Waals surface area contributed by atoms with Gasteiger partial charge in [0.05, 0.1) is 5.69 Å². The Labute approximate surface area is 92.9 Å². The van der Waals surface area contributed by atoms with Crippen LogP contribution in [0.15, 0.2) is 12.3 Å². The highest BCUT2D eigenvalue weighted by atomic mass is 15.2. The number of nitrogens with one attached hydrogen (secondary N) is 1. The predicted octanol–water partition coefficient (Wildman–Crippen LogP) is 1.99. The van der Waals surface area contributed by atoms with E-state index in [0.717, 1.165) is 19.5 Å². The highest BCUT2D eigenvalue weighted by Gasteiger charge is 2.05. The van der Waals surface area contributed by atoms with Crippen LogP contribution in [0.3, 0.4) is 0 Å². The third-order valence-corrected chi connectivity index (χ3v) is 2.57. The van der Waals surface area contributed by atoms with Crippen LogP contribution in [0.4, 0.5) is 0 Å². The minimum atomic E-state index is 0.712. The first-order valence-corrected chi connectivity index (χ1v) is 5.91. The maximum Gasteiger partial charge on any atom is 0.0627 e. The molecular weight excluding hydrogens is 186 g/mol. The van der Waals surface area contributed by atoms with Crippen LogP contribution in [-0.2, 0) is 13.5 Å². The monoisotopic (exact) mass is 209 g/mol. The van der Waals surface area contributed by atoms with Crippen LogP contribution in [0.5, 0.6) is 0 Å². The van der Waals surface area contributed by atoms with E-state index >= 15 is 0 Å². The molecule has 1 aromatic rings. The lowest BCUT2D eigenvalue weighted by atomic mass is 10.0. The van der Waals surface area contributed by atoms with Crippen LogP contribution in [0.25, 0.3) is 0 Å². The average Bonchev–Trinajstić information content (AvgIpc) is 2.59. The van der Waals surface area contributed by atoms with E-state index in [1.807, 2.05) is 17.9 Å². The van der Waals surface area contributed by atoms with Crippen LogP contribution < -0.4 is 5.32 Å². The molecule has 0 bridgehead atoms. The standard InChI is InChI=1S/C12H23N3/c1-4-7-13-8-5-11(2)10-12-6-9-15(3)14-12/h6,9,11,13H,4-5,7-8,10H2,1-3H3. The smallest absolute Gasteiger partial charge is 0.0627 e. The van der Waals surface area contributed by atoms with Gasteiger partial charge in [-0.25, -0.2) is 0 Å². The summed E-state index contributed by atoms with van der Waals surface area (Å²) in [7, 11) is 1.97. The van der Waals surface area contributed by atoms with E-state index in [9.17, 15) is 0 Å². The topological polar surface area (TPSA) is 29.9 Å². The van der Waals surface area contributed by atoms with E-state index in [1.165, 1.54) is 18.5 Å². The van der Waals surface area contributed by atoms with Gasteiger partial charge in [-0.1, -0.05) is 13.8 Å². The van der Waals surface area contributed by atoms with Crippen molar-refractivity contribution in [1.82, 2.24) is 15.1 Å². The van der Waals surface area contributed by atoms with Crippen LogP contribution in [0.1, 0.15) is 32.4 Å². The van der Waals surface area contributed by atoms with Crippen LogP contribution >= 0.6 is 0 Å². The fourth-order valence-corrected chi connectivity index (χ4v) is 1.68. The van der Waals surface area contributed by atoms with Crippen molar-refractivity contribution in [3.63, 3.8) is 0 Å². The van der Waals surface area contributed by atoms with Gasteiger partial charge >= 0.3 is 0 Å². The average molecular weight is 209 g/mol. The second-order valence-corrected chi connectivity index (χ2v) is 4.33. The van der Waals surface area contributed by atoms with Gasteiger partial charge in [0.25, 0.3) is 0 Å². The fourth-order valence-electron chi connectivity index (χ4n) is 1.68. The van der Waals surface area contributed by atoms with Crippen molar-refractivity contribution in [2.45, 2.75) is 33.1 Å². The lowest BCUT2D eigenvalue weighted by Gasteiger charge is -2.09. The Hall–Kier alpha value is -0.830. The van der Waals surface area contributed by atoms with Crippen molar-refractivity contribution in [2.24, 2.45) is 13.0 Å². The van der Waals surface area contributed by atoms with Crippen molar-refractivity contribution in [1.29, 1.82) is 0 Å². The Kier molecular flexibility index (Phi) is 5.40. The van der Waals surface area contributed by atoms with Gasteiger partial charge in [-0.05, 0) is 44.3 Å². The van der Waals surface area contributed by atoms with Gasteiger partial charge in [0, 0.05) is 13.2 Å². The minimum absolute atomic E-state index is 0.712. The van der Waals surface area contributed by atoms with Crippen LogP contribution in [0, 0.1) is 5.92 Å². The Morgan fingerprint density at radius 1 is 1.47 bits per heavy atom. The Balaban J connectivity index is 2.15. The molecule has 1 N–H and O–H groups in total. The quantitative estimate of drug-likeness (QED) is 0.696. The molecule has 0 radical (unpaired) electrons. The minimum Gasteiger partial charge on any atom is -0.317 e. The lowest BCUT2D eigenvalue weighted by molar-refractivity contribution is 0.491. The van der Waals surface area contributed by atoms with Crippen molar-refractivity contribution in [2.75, 3.05) is 13.1 Å². The molecule has 86 valence electrons. The van der Waals surface area contributed by atoms with E-state index in [2.05, 4.69) is 30.3 Å². The zero-order valence-corrected chi connectivity index (χ0v) is 10.2. The van der Waals surface area contributed by atoms with Crippen molar-refractivity contribution in [3.05, 3.63) is 18.0 Å². The molecule has 0 aliphatic heterocycles. The molecule has 0 aliphatic rings. The van der Waals surface area contributed by atoms with E-state index in [0.29, 0.717) is 5.92 Å². The molecular formula is C12H23N3. The predicted molar refractivity (Wildman–Crippen MR) is 63.9 cm³/mol. The first-order chi connectivity index (χ1) is 7.22. The Morgan fingerprint density at radius 3 is 2.87 bits per heavy atom. The summed E-state index contributed by atoms with van der Waals surface area (Å²) in [6, 6.07) is 2.11. The zero-order chi connectivity index (χ0) is 11.1. The van der Waals surface area contributed by atoms with Crippen molar-refractivity contribution in [3.8, 4) is 0 Å². The van der Waals surface area contributed by atoms with Crippen molar-refractivity contribution >= 4 is 0 Å². The molecule has 0 aromatic carbocycles. The van der Waals surface area contributed by atoms with Gasteiger partial charge in [-0.2, -0.15) is 5.10 Å². The maximum absolute atomic E-state index is 4.39. The molecule has 1 aromatic heterocycles. The molecule has 1 heterocycles. The fraction of sp³-hybridized carbons (Fsp3) is 0.750. The largest absolute Gasteiger partial charge is 0.317 e. The van der Waals surface area contributed by atoms with E-state index in [1.54, 1.807) is 0 Å². The number of rotatable bonds is 7. The van der Waals surface area contributed by atoms with Crippen molar-refractivity contribution < 1.29 is 0 Å². The molecule has 0 saturated carbocycles. The summed E-state index contributed by atoms with van der Waals surface area (Å²) in [5, 5.41) is 7.82. The first kappa shape index (κ1) is 12.2. The third-order valence-electron chi connectivity index (χ3n) is 2.57. The van der Waals surface area contributed by atoms with Crippen LogP contribution in [-0.4, -0.2) is 22.9 Å². The molecule has 0 spiro atoms. The molecule has 0 aliphatic carbocycles. The molecule has 1 unspecified atom stereocenters. The maximum atomic E-state index is 4.39. The van der Waals surface area contributed by atoms with E-state index in [4.69, 9.17) is 0 Å². The van der Waals surface area contributed by atoms with Gasteiger partial charge in [0.1, 0.15) is 0 Å². The molecule has 1 rings (SSSR count). The van der Waals surface area contributed by atoms with Gasteiger partial charge in [0.2, 0.25) is 0 Å². The second-order valence-electron chi connectivity index (χ2n) is 4.33.